The van der Waals surface area contributed by atoms with Crippen LogP contribution in [0.25, 0.3) is 0 Å². The standard InChI is InChI=1S/C28H34F2N2O8/c1-17-25(37-15-23(29)30)20(14-19-8-5-4-6-9-19)10-7-11-21(28(35)40-17)32-27(34)24-26(39-16-38-18(2)33)22(36-3)12-13-31-24/h4-6,8-9,12-13,17,20-21,23,25H,7,10-11,14-16H2,1-3H3,(H,32,34)/t17-,20+,21-,25-/m0/s1. The highest BCUT2D eigenvalue weighted by Crippen LogP contribution is 2.31. The van der Waals surface area contributed by atoms with E-state index in [9.17, 15) is 23.2 Å². The maximum Gasteiger partial charge on any atom is 0.329 e. The van der Waals surface area contributed by atoms with Crippen LogP contribution in [0.5, 0.6) is 11.5 Å². The lowest BCUT2D eigenvalue weighted by Gasteiger charge is -2.31. The minimum Gasteiger partial charge on any atom is -0.493 e. The first-order valence-corrected chi connectivity index (χ1v) is 12.9. The molecule has 0 saturated carbocycles. The summed E-state index contributed by atoms with van der Waals surface area (Å²) in [7, 11) is 1.37. The SMILES string of the molecule is COc1ccnc(C(=O)N[C@H]2CCC[C@H](Cc3ccccc3)[C@@H](OCC(F)F)[C@H](C)OC2=O)c1OCOC(C)=O. The van der Waals surface area contributed by atoms with E-state index in [1.54, 1.807) is 6.92 Å². The zero-order valence-corrected chi connectivity index (χ0v) is 22.6. The predicted molar refractivity (Wildman–Crippen MR) is 138 cm³/mol. The summed E-state index contributed by atoms with van der Waals surface area (Å²) in [5, 5.41) is 2.64. The van der Waals surface area contributed by atoms with Crippen molar-refractivity contribution >= 4 is 17.8 Å². The number of aromatic nitrogens is 1. The Balaban J connectivity index is 1.78. The number of carbonyl (C=O) groups excluding carboxylic acids is 3. The number of esters is 2. The van der Waals surface area contributed by atoms with E-state index in [0.717, 1.165) is 5.56 Å². The molecule has 0 bridgehead atoms. The second-order valence-electron chi connectivity index (χ2n) is 9.33. The average Bonchev–Trinajstić information content (AvgIpc) is 2.96. The normalized spacial score (nSPS) is 21.4. The van der Waals surface area contributed by atoms with Gasteiger partial charge in [-0.1, -0.05) is 36.8 Å². The molecule has 1 fully saturated rings. The van der Waals surface area contributed by atoms with Crippen molar-refractivity contribution in [3.8, 4) is 11.5 Å². The van der Waals surface area contributed by atoms with Crippen molar-refractivity contribution in [2.75, 3.05) is 20.5 Å². The number of halogens is 2. The lowest BCUT2D eigenvalue weighted by Crippen LogP contribution is -2.45. The molecule has 1 saturated heterocycles. The highest BCUT2D eigenvalue weighted by atomic mass is 19.3. The summed E-state index contributed by atoms with van der Waals surface area (Å²) in [6.45, 7) is 1.54. The second-order valence-corrected chi connectivity index (χ2v) is 9.33. The van der Waals surface area contributed by atoms with E-state index in [1.807, 2.05) is 30.3 Å². The lowest BCUT2D eigenvalue weighted by molar-refractivity contribution is -0.163. The van der Waals surface area contributed by atoms with Crippen LogP contribution in [-0.2, 0) is 30.2 Å². The van der Waals surface area contributed by atoms with E-state index >= 15 is 0 Å². The van der Waals surface area contributed by atoms with Gasteiger partial charge in [0.25, 0.3) is 12.3 Å². The van der Waals surface area contributed by atoms with Gasteiger partial charge in [-0.15, -0.1) is 0 Å². The number of nitrogens with one attached hydrogen (secondary N) is 1. The van der Waals surface area contributed by atoms with Crippen molar-refractivity contribution in [1.82, 2.24) is 10.3 Å². The van der Waals surface area contributed by atoms with Crippen molar-refractivity contribution < 1.29 is 46.8 Å². The molecular formula is C28H34F2N2O8. The molecular weight excluding hydrogens is 530 g/mol. The number of methoxy groups -OCH3 is 1. The Labute approximate surface area is 231 Å². The molecule has 0 spiro atoms. The molecule has 2 heterocycles. The van der Waals surface area contributed by atoms with E-state index in [2.05, 4.69) is 10.3 Å². The van der Waals surface area contributed by atoms with Crippen LogP contribution in [0.4, 0.5) is 8.78 Å². The molecule has 1 aliphatic rings. The molecule has 218 valence electrons. The fourth-order valence-corrected chi connectivity index (χ4v) is 4.59. The Morgan fingerprint density at radius 3 is 2.60 bits per heavy atom. The lowest BCUT2D eigenvalue weighted by atomic mass is 9.87. The number of rotatable bonds is 11. The number of alkyl halides is 2. The molecule has 1 amide bonds. The Hall–Kier alpha value is -3.80. The summed E-state index contributed by atoms with van der Waals surface area (Å²) in [6, 6.07) is 9.98. The largest absolute Gasteiger partial charge is 0.493 e. The van der Waals surface area contributed by atoms with Crippen molar-refractivity contribution in [3.05, 3.63) is 53.9 Å². The quantitative estimate of drug-likeness (QED) is 0.321. The van der Waals surface area contributed by atoms with Crippen molar-refractivity contribution in [2.24, 2.45) is 5.92 Å². The van der Waals surface area contributed by atoms with Crippen LogP contribution in [0.1, 0.15) is 49.2 Å². The smallest absolute Gasteiger partial charge is 0.329 e. The molecule has 40 heavy (non-hydrogen) atoms. The minimum absolute atomic E-state index is 0.0723. The topological polar surface area (TPSA) is 122 Å². The number of amides is 1. The van der Waals surface area contributed by atoms with Crippen molar-refractivity contribution in [2.45, 2.75) is 64.2 Å². The van der Waals surface area contributed by atoms with E-state index in [4.69, 9.17) is 23.7 Å². The molecule has 2 aromatic rings. The number of pyridine rings is 1. The summed E-state index contributed by atoms with van der Waals surface area (Å²) < 4.78 is 52.8. The first kappa shape index (κ1) is 30.7. The maximum atomic E-state index is 13.2. The fraction of sp³-hybridized carbons (Fsp3) is 0.500. The maximum absolute atomic E-state index is 13.2. The first-order chi connectivity index (χ1) is 19.2. The molecule has 1 aromatic heterocycles. The van der Waals surface area contributed by atoms with Gasteiger partial charge in [-0.2, -0.15) is 0 Å². The molecule has 1 aromatic carbocycles. The van der Waals surface area contributed by atoms with E-state index in [0.29, 0.717) is 19.3 Å². The van der Waals surface area contributed by atoms with Gasteiger partial charge in [0, 0.05) is 19.2 Å². The summed E-state index contributed by atoms with van der Waals surface area (Å²) >= 11 is 0. The third kappa shape index (κ3) is 8.87. The zero-order chi connectivity index (χ0) is 29.1. The Bertz CT molecular complexity index is 1130. The monoisotopic (exact) mass is 564 g/mol. The molecule has 0 unspecified atom stereocenters. The van der Waals surface area contributed by atoms with Crippen LogP contribution in [-0.4, -0.2) is 68.0 Å². The molecule has 0 aliphatic carbocycles. The second kappa shape index (κ2) is 15.1. The third-order valence-corrected chi connectivity index (χ3v) is 6.41. The Morgan fingerprint density at radius 1 is 1.18 bits per heavy atom. The molecule has 4 atom stereocenters. The molecule has 1 N–H and O–H groups in total. The Morgan fingerprint density at radius 2 is 1.93 bits per heavy atom. The van der Waals surface area contributed by atoms with Crippen molar-refractivity contribution in [3.63, 3.8) is 0 Å². The van der Waals surface area contributed by atoms with Crippen LogP contribution in [0.15, 0.2) is 42.6 Å². The number of benzene rings is 1. The van der Waals surface area contributed by atoms with Gasteiger partial charge in [0.1, 0.15) is 18.8 Å². The summed E-state index contributed by atoms with van der Waals surface area (Å²) in [5.41, 5.74) is 0.818. The van der Waals surface area contributed by atoms with Crippen LogP contribution < -0.4 is 14.8 Å². The molecule has 12 heteroatoms. The van der Waals surface area contributed by atoms with Gasteiger partial charge in [0.15, 0.2) is 17.2 Å². The number of hydrogen-bond acceptors (Lipinski definition) is 9. The summed E-state index contributed by atoms with van der Waals surface area (Å²) in [4.78, 5) is 41.5. The summed E-state index contributed by atoms with van der Waals surface area (Å²) in [6.07, 6.45) is -1.15. The van der Waals surface area contributed by atoms with Gasteiger partial charge >= 0.3 is 11.9 Å². The molecule has 3 rings (SSSR count). The van der Waals surface area contributed by atoms with Gasteiger partial charge in [-0.25, -0.2) is 18.6 Å². The first-order valence-electron chi connectivity index (χ1n) is 12.9. The number of carbonyl (C=O) groups is 3. The molecule has 1 aliphatic heterocycles. The number of hydrogen-bond donors (Lipinski definition) is 1. The van der Waals surface area contributed by atoms with Gasteiger partial charge in [0.2, 0.25) is 6.79 Å². The van der Waals surface area contributed by atoms with Crippen LogP contribution in [0, 0.1) is 5.92 Å². The fourth-order valence-electron chi connectivity index (χ4n) is 4.59. The minimum atomic E-state index is -2.67. The van der Waals surface area contributed by atoms with Gasteiger partial charge in [-0.05, 0) is 37.7 Å². The highest BCUT2D eigenvalue weighted by Gasteiger charge is 2.36. The van der Waals surface area contributed by atoms with Crippen LogP contribution in [0.3, 0.4) is 0 Å². The van der Waals surface area contributed by atoms with E-state index in [1.165, 1.54) is 26.3 Å². The van der Waals surface area contributed by atoms with Gasteiger partial charge in [-0.3, -0.25) is 9.59 Å². The van der Waals surface area contributed by atoms with Gasteiger partial charge < -0.3 is 29.0 Å². The predicted octanol–water partition coefficient (Wildman–Crippen LogP) is 3.71. The van der Waals surface area contributed by atoms with Crippen molar-refractivity contribution in [1.29, 1.82) is 0 Å². The average molecular weight is 565 g/mol. The highest BCUT2D eigenvalue weighted by molar-refractivity contribution is 5.98. The number of cyclic esters (lactones) is 1. The summed E-state index contributed by atoms with van der Waals surface area (Å²) in [5.74, 6) is -2.16. The van der Waals surface area contributed by atoms with E-state index in [-0.39, 0.29) is 29.5 Å². The van der Waals surface area contributed by atoms with Crippen LogP contribution in [0.2, 0.25) is 0 Å². The van der Waals surface area contributed by atoms with E-state index < -0.39 is 55.9 Å². The molecule has 0 radical (unpaired) electrons. The number of ether oxygens (including phenoxy) is 5. The molecule has 10 nitrogen and oxygen atoms in total. The third-order valence-electron chi connectivity index (χ3n) is 6.41. The van der Waals surface area contributed by atoms with Gasteiger partial charge in [0.05, 0.1) is 13.2 Å². The van der Waals surface area contributed by atoms with Crippen LogP contribution >= 0.6 is 0 Å². The zero-order valence-electron chi connectivity index (χ0n) is 22.6. The number of nitrogens with zero attached hydrogens (tertiary/aromatic N) is 1. The Kier molecular flexibility index (Phi) is 11.6.